The second kappa shape index (κ2) is 11.1. The molecule has 0 atom stereocenters. The molecule has 0 aliphatic carbocycles. The lowest BCUT2D eigenvalue weighted by Crippen LogP contribution is -2.32. The van der Waals surface area contributed by atoms with E-state index in [9.17, 15) is 14.7 Å². The van der Waals surface area contributed by atoms with Crippen LogP contribution in [0.2, 0.25) is 0 Å². The van der Waals surface area contributed by atoms with Crippen LogP contribution >= 0.6 is 0 Å². The zero-order valence-corrected chi connectivity index (χ0v) is 18.1. The Morgan fingerprint density at radius 2 is 1.45 bits per heavy atom. The number of hydrogen-bond acceptors (Lipinski definition) is 6. The first-order valence-corrected chi connectivity index (χ1v) is 9.93. The SMILES string of the molecule is COc1cc(/C=N/NC(=O)C(=Cc2ccccc2)NC(=O)c2ccccc2)cc(OC)c1O. The van der Waals surface area contributed by atoms with Gasteiger partial charge in [-0.1, -0.05) is 48.5 Å². The fourth-order valence-corrected chi connectivity index (χ4v) is 2.87. The molecule has 0 bridgehead atoms. The zero-order valence-electron chi connectivity index (χ0n) is 18.1. The molecule has 0 saturated carbocycles. The number of rotatable bonds is 8. The molecule has 3 N–H and O–H groups in total. The Bertz CT molecular complexity index is 1150. The predicted octanol–water partition coefficient (Wildman–Crippen LogP) is 3.33. The standard InChI is InChI=1S/C25H23N3O5/c1-32-21-14-18(15-22(33-2)23(21)29)16-26-28-25(31)20(13-17-9-5-3-6-10-17)27-24(30)19-11-7-4-8-12-19/h3-16,29H,1-2H3,(H,27,30)(H,28,31)/b20-13?,26-16+. The maximum atomic E-state index is 12.8. The van der Waals surface area contributed by atoms with Crippen LogP contribution in [-0.2, 0) is 4.79 Å². The lowest BCUT2D eigenvalue weighted by molar-refractivity contribution is -0.117. The molecule has 0 aliphatic rings. The van der Waals surface area contributed by atoms with Crippen molar-refractivity contribution in [2.45, 2.75) is 0 Å². The molecule has 0 heterocycles. The van der Waals surface area contributed by atoms with E-state index in [1.807, 2.05) is 18.2 Å². The Morgan fingerprint density at radius 1 is 0.879 bits per heavy atom. The molecule has 0 saturated heterocycles. The number of carbonyl (C=O) groups is 2. The summed E-state index contributed by atoms with van der Waals surface area (Å²) in [7, 11) is 2.82. The summed E-state index contributed by atoms with van der Waals surface area (Å²) >= 11 is 0. The van der Waals surface area contributed by atoms with Crippen molar-refractivity contribution in [1.82, 2.24) is 10.7 Å². The molecule has 8 heteroatoms. The van der Waals surface area contributed by atoms with Crippen molar-refractivity contribution >= 4 is 24.1 Å². The van der Waals surface area contributed by atoms with Crippen molar-refractivity contribution < 1.29 is 24.2 Å². The van der Waals surface area contributed by atoms with Gasteiger partial charge in [-0.15, -0.1) is 0 Å². The number of phenols is 1. The summed E-state index contributed by atoms with van der Waals surface area (Å²) in [6.45, 7) is 0. The van der Waals surface area contributed by atoms with E-state index in [4.69, 9.17) is 9.47 Å². The summed E-state index contributed by atoms with van der Waals surface area (Å²) in [5.41, 5.74) is 4.08. The van der Waals surface area contributed by atoms with Gasteiger partial charge in [-0.2, -0.15) is 5.10 Å². The van der Waals surface area contributed by atoms with Gasteiger partial charge in [0.05, 0.1) is 20.4 Å². The van der Waals surface area contributed by atoms with Crippen LogP contribution in [0.4, 0.5) is 0 Å². The molecule has 8 nitrogen and oxygen atoms in total. The number of aromatic hydroxyl groups is 1. The molecule has 33 heavy (non-hydrogen) atoms. The number of hydrazone groups is 1. The van der Waals surface area contributed by atoms with E-state index in [0.29, 0.717) is 11.1 Å². The quantitative estimate of drug-likeness (QED) is 0.280. The average Bonchev–Trinajstić information content (AvgIpc) is 2.85. The van der Waals surface area contributed by atoms with Crippen molar-refractivity contribution in [3.8, 4) is 17.2 Å². The Kier molecular flexibility index (Phi) is 7.80. The topological polar surface area (TPSA) is 109 Å². The van der Waals surface area contributed by atoms with Crippen LogP contribution in [-0.4, -0.2) is 37.4 Å². The first kappa shape index (κ1) is 23.1. The van der Waals surface area contributed by atoms with Crippen molar-refractivity contribution in [3.63, 3.8) is 0 Å². The summed E-state index contributed by atoms with van der Waals surface area (Å²) < 4.78 is 10.2. The van der Waals surface area contributed by atoms with Gasteiger partial charge in [0.1, 0.15) is 5.70 Å². The molecular formula is C25H23N3O5. The van der Waals surface area contributed by atoms with E-state index in [0.717, 1.165) is 5.56 Å². The number of methoxy groups -OCH3 is 2. The fraction of sp³-hybridized carbons (Fsp3) is 0.0800. The van der Waals surface area contributed by atoms with Crippen molar-refractivity contribution in [2.24, 2.45) is 5.10 Å². The van der Waals surface area contributed by atoms with Gasteiger partial charge >= 0.3 is 0 Å². The lowest BCUT2D eigenvalue weighted by Gasteiger charge is -2.10. The van der Waals surface area contributed by atoms with Crippen LogP contribution in [0.1, 0.15) is 21.5 Å². The molecular weight excluding hydrogens is 422 g/mol. The maximum Gasteiger partial charge on any atom is 0.287 e. The molecule has 0 radical (unpaired) electrons. The number of amides is 2. The number of phenolic OH excluding ortho intramolecular Hbond substituents is 1. The summed E-state index contributed by atoms with van der Waals surface area (Å²) in [5.74, 6) is -0.788. The number of nitrogens with one attached hydrogen (secondary N) is 2. The highest BCUT2D eigenvalue weighted by Crippen LogP contribution is 2.36. The van der Waals surface area contributed by atoms with E-state index >= 15 is 0 Å². The number of hydrogen-bond donors (Lipinski definition) is 3. The van der Waals surface area contributed by atoms with Gasteiger partial charge in [0, 0.05) is 11.1 Å². The molecule has 0 spiro atoms. The van der Waals surface area contributed by atoms with Gasteiger partial charge in [-0.3, -0.25) is 9.59 Å². The summed E-state index contributed by atoms with van der Waals surface area (Å²) in [6.07, 6.45) is 2.92. The second-order valence-corrected chi connectivity index (χ2v) is 6.76. The largest absolute Gasteiger partial charge is 0.502 e. The molecule has 0 aliphatic heterocycles. The van der Waals surface area contributed by atoms with Gasteiger partial charge in [-0.05, 0) is 35.9 Å². The maximum absolute atomic E-state index is 12.8. The number of carbonyl (C=O) groups excluding carboxylic acids is 2. The number of ether oxygens (including phenoxy) is 2. The normalized spacial score (nSPS) is 11.2. The molecule has 3 aromatic rings. The second-order valence-electron chi connectivity index (χ2n) is 6.76. The third kappa shape index (κ3) is 6.20. The summed E-state index contributed by atoms with van der Waals surface area (Å²) in [4.78, 5) is 25.4. The monoisotopic (exact) mass is 445 g/mol. The first-order chi connectivity index (χ1) is 16.0. The minimum atomic E-state index is -0.614. The van der Waals surface area contributed by atoms with Gasteiger partial charge in [0.2, 0.25) is 5.75 Å². The van der Waals surface area contributed by atoms with Crippen molar-refractivity contribution in [1.29, 1.82) is 0 Å². The average molecular weight is 445 g/mol. The van der Waals surface area contributed by atoms with Gasteiger partial charge in [0.15, 0.2) is 11.5 Å². The van der Waals surface area contributed by atoms with Crippen LogP contribution in [0, 0.1) is 0 Å². The molecule has 0 unspecified atom stereocenters. The minimum Gasteiger partial charge on any atom is -0.502 e. The molecule has 2 amide bonds. The highest BCUT2D eigenvalue weighted by Gasteiger charge is 2.14. The third-order valence-corrected chi connectivity index (χ3v) is 4.52. The van der Waals surface area contributed by atoms with Crippen LogP contribution in [0.15, 0.2) is 83.6 Å². The number of benzene rings is 3. The van der Waals surface area contributed by atoms with E-state index in [1.54, 1.807) is 48.5 Å². The third-order valence-electron chi connectivity index (χ3n) is 4.52. The highest BCUT2D eigenvalue weighted by atomic mass is 16.5. The lowest BCUT2D eigenvalue weighted by atomic mass is 10.1. The predicted molar refractivity (Wildman–Crippen MR) is 125 cm³/mol. The number of nitrogens with zero attached hydrogens (tertiary/aromatic N) is 1. The Labute approximate surface area is 191 Å². The van der Waals surface area contributed by atoms with E-state index in [1.165, 1.54) is 32.6 Å². The van der Waals surface area contributed by atoms with Gasteiger partial charge in [0.25, 0.3) is 11.8 Å². The van der Waals surface area contributed by atoms with E-state index in [-0.39, 0.29) is 22.9 Å². The molecule has 0 aromatic heterocycles. The summed E-state index contributed by atoms with van der Waals surface area (Å²) in [5, 5.41) is 16.6. The fourth-order valence-electron chi connectivity index (χ4n) is 2.87. The molecule has 3 rings (SSSR count). The van der Waals surface area contributed by atoms with E-state index in [2.05, 4.69) is 15.8 Å². The smallest absolute Gasteiger partial charge is 0.287 e. The Hall–Kier alpha value is -4.59. The van der Waals surface area contributed by atoms with Gasteiger partial charge in [-0.25, -0.2) is 5.43 Å². The first-order valence-electron chi connectivity index (χ1n) is 9.93. The van der Waals surface area contributed by atoms with Crippen LogP contribution in [0.25, 0.3) is 6.08 Å². The van der Waals surface area contributed by atoms with Crippen LogP contribution < -0.4 is 20.2 Å². The summed E-state index contributed by atoms with van der Waals surface area (Å²) in [6, 6.07) is 20.7. The molecule has 0 fully saturated rings. The van der Waals surface area contributed by atoms with Crippen molar-refractivity contribution in [2.75, 3.05) is 14.2 Å². The molecule has 168 valence electrons. The zero-order chi connectivity index (χ0) is 23.6. The molecule has 3 aromatic carbocycles. The van der Waals surface area contributed by atoms with Crippen LogP contribution in [0.3, 0.4) is 0 Å². The van der Waals surface area contributed by atoms with Crippen molar-refractivity contribution in [3.05, 3.63) is 95.2 Å². The minimum absolute atomic E-state index is 0.0214. The Balaban J connectivity index is 1.80. The highest BCUT2D eigenvalue weighted by molar-refractivity contribution is 6.05. The van der Waals surface area contributed by atoms with Gasteiger partial charge < -0.3 is 19.9 Å². The van der Waals surface area contributed by atoms with Crippen LogP contribution in [0.5, 0.6) is 17.2 Å². The Morgan fingerprint density at radius 3 is 2.03 bits per heavy atom. The van der Waals surface area contributed by atoms with E-state index < -0.39 is 11.8 Å².